The van der Waals surface area contributed by atoms with Crippen molar-refractivity contribution in [1.29, 1.82) is 0 Å². The summed E-state index contributed by atoms with van der Waals surface area (Å²) >= 11 is 0. The van der Waals surface area contributed by atoms with Crippen LogP contribution in [0.1, 0.15) is 42.4 Å². The Morgan fingerprint density at radius 3 is 2.35 bits per heavy atom. The molecule has 6 N–H and O–H groups in total. The summed E-state index contributed by atoms with van der Waals surface area (Å²) in [6.45, 7) is 3.01. The van der Waals surface area contributed by atoms with Gasteiger partial charge in [-0.25, -0.2) is 0 Å². The van der Waals surface area contributed by atoms with Crippen molar-refractivity contribution in [2.75, 3.05) is 13.1 Å². The average Bonchev–Trinajstić information content (AvgIpc) is 3.49. The van der Waals surface area contributed by atoms with Gasteiger partial charge in [-0.3, -0.25) is 19.3 Å². The van der Waals surface area contributed by atoms with E-state index >= 15 is 0 Å². The first-order valence-corrected chi connectivity index (χ1v) is 14.7. The molecule has 220 valence electrons. The summed E-state index contributed by atoms with van der Waals surface area (Å²) in [5.74, 6) is -6.36. The second-order valence-electron chi connectivity index (χ2n) is 12.2. The Labute approximate surface area is 247 Å². The van der Waals surface area contributed by atoms with Gasteiger partial charge in [0.05, 0.1) is 5.56 Å². The molecule has 1 saturated carbocycles. The van der Waals surface area contributed by atoms with Crippen molar-refractivity contribution in [2.24, 2.45) is 17.6 Å². The van der Waals surface area contributed by atoms with Crippen molar-refractivity contribution in [1.82, 2.24) is 4.90 Å². The van der Waals surface area contributed by atoms with Crippen LogP contribution in [-0.2, 0) is 27.3 Å². The van der Waals surface area contributed by atoms with E-state index in [4.69, 9.17) is 5.73 Å². The number of primary amides is 1. The SMILES string of the molecule is NC(=O)C1=C(O)C2(O)C(=O)C3=C(O)c4c(O)ccc(-c5ccc(CN6CCCC6)c6ccccc56)c4CC3CC2CC1=O. The van der Waals surface area contributed by atoms with Crippen LogP contribution in [0, 0.1) is 11.8 Å². The number of carbonyl (C=O) groups excluding carboxylic acids is 3. The van der Waals surface area contributed by atoms with Gasteiger partial charge in [-0.05, 0) is 83.8 Å². The summed E-state index contributed by atoms with van der Waals surface area (Å²) < 4.78 is 0. The fourth-order valence-electron chi connectivity index (χ4n) is 7.79. The minimum Gasteiger partial charge on any atom is -0.508 e. The van der Waals surface area contributed by atoms with E-state index in [2.05, 4.69) is 29.2 Å². The number of aliphatic hydroxyl groups excluding tert-OH is 2. The molecule has 1 heterocycles. The topological polar surface area (TPSA) is 161 Å². The van der Waals surface area contributed by atoms with Crippen LogP contribution in [0.15, 0.2) is 65.4 Å². The Balaban J connectivity index is 1.37. The molecule has 2 fully saturated rings. The van der Waals surface area contributed by atoms with Crippen molar-refractivity contribution in [3.8, 4) is 16.9 Å². The maximum absolute atomic E-state index is 13.8. The number of ketones is 2. The van der Waals surface area contributed by atoms with Crippen LogP contribution in [0.4, 0.5) is 0 Å². The highest BCUT2D eigenvalue weighted by Gasteiger charge is 2.60. The number of nitrogens with two attached hydrogens (primary N) is 1. The fourth-order valence-corrected chi connectivity index (χ4v) is 7.79. The van der Waals surface area contributed by atoms with Gasteiger partial charge < -0.3 is 26.2 Å². The number of nitrogens with zero attached hydrogens (tertiary/aromatic N) is 1. The van der Waals surface area contributed by atoms with Crippen LogP contribution in [-0.4, -0.2) is 61.5 Å². The van der Waals surface area contributed by atoms with Gasteiger partial charge in [-0.15, -0.1) is 0 Å². The number of aliphatic hydroxyl groups is 3. The highest BCUT2D eigenvalue weighted by Crippen LogP contribution is 2.53. The quantitative estimate of drug-likeness (QED) is 0.291. The summed E-state index contributed by atoms with van der Waals surface area (Å²) in [4.78, 5) is 40.8. The number of aromatic hydroxyl groups is 1. The third-order valence-corrected chi connectivity index (χ3v) is 9.84. The first kappa shape index (κ1) is 27.4. The summed E-state index contributed by atoms with van der Waals surface area (Å²) in [6.07, 6.45) is 2.40. The van der Waals surface area contributed by atoms with E-state index in [-0.39, 0.29) is 36.1 Å². The first-order valence-electron chi connectivity index (χ1n) is 14.7. The number of amides is 1. The number of likely N-dealkylation sites (tertiary alicyclic amines) is 1. The van der Waals surface area contributed by atoms with Crippen LogP contribution in [0.3, 0.4) is 0 Å². The number of rotatable bonds is 4. The van der Waals surface area contributed by atoms with E-state index in [0.717, 1.165) is 41.5 Å². The van der Waals surface area contributed by atoms with Crippen molar-refractivity contribution in [3.05, 3.63) is 82.1 Å². The largest absolute Gasteiger partial charge is 0.508 e. The minimum atomic E-state index is -2.58. The van der Waals surface area contributed by atoms with Crippen LogP contribution >= 0.6 is 0 Å². The van der Waals surface area contributed by atoms with Gasteiger partial charge in [0.2, 0.25) is 5.78 Å². The van der Waals surface area contributed by atoms with Crippen LogP contribution in [0.2, 0.25) is 0 Å². The van der Waals surface area contributed by atoms with Gasteiger partial charge in [0.1, 0.15) is 22.8 Å². The average molecular weight is 581 g/mol. The lowest BCUT2D eigenvalue weighted by molar-refractivity contribution is -0.147. The molecule has 3 aromatic carbocycles. The third kappa shape index (κ3) is 3.95. The lowest BCUT2D eigenvalue weighted by Gasteiger charge is -2.46. The number of phenolic OH excluding ortho intramolecular Hbond substituents is 1. The van der Waals surface area contributed by atoms with Gasteiger partial charge in [-0.2, -0.15) is 0 Å². The number of fused-ring (bicyclic) bond motifs is 4. The summed E-state index contributed by atoms with van der Waals surface area (Å²) in [5.41, 5.74) is 5.45. The number of hydrogen-bond acceptors (Lipinski definition) is 8. The molecular formula is C34H32N2O7. The number of benzene rings is 3. The highest BCUT2D eigenvalue weighted by molar-refractivity contribution is 6.22. The zero-order chi connectivity index (χ0) is 30.2. The molecule has 3 unspecified atom stereocenters. The number of hydrogen-bond donors (Lipinski definition) is 5. The van der Waals surface area contributed by atoms with E-state index in [1.54, 1.807) is 0 Å². The lowest BCUT2D eigenvalue weighted by Crippen LogP contribution is -2.58. The minimum absolute atomic E-state index is 0.0908. The second kappa shape index (κ2) is 9.79. The van der Waals surface area contributed by atoms with Crippen molar-refractivity contribution >= 4 is 34.0 Å². The molecule has 1 saturated heterocycles. The van der Waals surface area contributed by atoms with Crippen molar-refractivity contribution in [2.45, 2.75) is 44.2 Å². The Bertz CT molecular complexity index is 1820. The molecule has 3 aliphatic carbocycles. The zero-order valence-corrected chi connectivity index (χ0v) is 23.5. The highest BCUT2D eigenvalue weighted by atomic mass is 16.3. The molecule has 1 aliphatic heterocycles. The fraction of sp³-hybridized carbons (Fsp3) is 0.324. The molecule has 43 heavy (non-hydrogen) atoms. The molecular weight excluding hydrogens is 548 g/mol. The third-order valence-electron chi connectivity index (χ3n) is 9.84. The predicted octanol–water partition coefficient (Wildman–Crippen LogP) is 3.84. The molecule has 0 radical (unpaired) electrons. The number of carbonyl (C=O) groups is 3. The molecule has 9 nitrogen and oxygen atoms in total. The molecule has 4 aliphatic rings. The van der Waals surface area contributed by atoms with Gasteiger partial charge in [-0.1, -0.05) is 42.5 Å². The lowest BCUT2D eigenvalue weighted by atomic mass is 9.59. The Kier molecular flexibility index (Phi) is 6.23. The number of Topliss-reactive ketones (excluding diaryl/α,β-unsaturated/α-hetero) is 2. The van der Waals surface area contributed by atoms with Crippen LogP contribution < -0.4 is 5.73 Å². The maximum atomic E-state index is 13.8. The maximum Gasteiger partial charge on any atom is 0.255 e. The molecule has 9 heteroatoms. The zero-order valence-electron chi connectivity index (χ0n) is 23.5. The van der Waals surface area contributed by atoms with Gasteiger partial charge in [0.25, 0.3) is 5.91 Å². The molecule has 0 aromatic heterocycles. The predicted molar refractivity (Wildman–Crippen MR) is 159 cm³/mol. The van der Waals surface area contributed by atoms with Crippen molar-refractivity contribution < 1.29 is 34.8 Å². The number of phenols is 1. The van der Waals surface area contributed by atoms with Crippen LogP contribution in [0.5, 0.6) is 5.75 Å². The van der Waals surface area contributed by atoms with Gasteiger partial charge in [0, 0.05) is 24.5 Å². The van der Waals surface area contributed by atoms with Gasteiger partial charge >= 0.3 is 0 Å². The van der Waals surface area contributed by atoms with E-state index in [0.29, 0.717) is 5.56 Å². The van der Waals surface area contributed by atoms with E-state index in [1.807, 2.05) is 18.2 Å². The monoisotopic (exact) mass is 580 g/mol. The molecule has 1 amide bonds. The molecule has 3 aromatic rings. The van der Waals surface area contributed by atoms with Crippen LogP contribution in [0.25, 0.3) is 27.7 Å². The van der Waals surface area contributed by atoms with Gasteiger partial charge in [0.15, 0.2) is 11.4 Å². The smallest absolute Gasteiger partial charge is 0.255 e. The molecule has 0 spiro atoms. The molecule has 7 rings (SSSR count). The van der Waals surface area contributed by atoms with E-state index in [9.17, 15) is 34.8 Å². The Hall–Kier alpha value is -4.47. The molecule has 0 bridgehead atoms. The standard InChI is InChI=1S/C34H32N2O7/c35-33(42)29-26(38)15-19-13-18-14-24-23(9-10-25(37)28(24)30(39)27(18)31(40)34(19,43)32(29)41)22-8-7-17(16-36-11-3-4-12-36)20-5-1-2-6-21(20)22/h1-2,5-10,18-19,37,39,41,43H,3-4,11-16H2,(H2,35,42). The normalized spacial score (nSPS) is 25.6. The summed E-state index contributed by atoms with van der Waals surface area (Å²) in [7, 11) is 0. The Morgan fingerprint density at radius 1 is 0.930 bits per heavy atom. The first-order chi connectivity index (χ1) is 20.6. The molecule has 3 atom stereocenters. The van der Waals surface area contributed by atoms with E-state index in [1.165, 1.54) is 24.5 Å². The van der Waals surface area contributed by atoms with Crippen molar-refractivity contribution in [3.63, 3.8) is 0 Å². The second-order valence-corrected chi connectivity index (χ2v) is 12.2. The summed E-state index contributed by atoms with van der Waals surface area (Å²) in [6, 6.07) is 15.6. The Morgan fingerprint density at radius 2 is 1.63 bits per heavy atom. The summed E-state index contributed by atoms with van der Waals surface area (Å²) in [5, 5.41) is 46.9. The van der Waals surface area contributed by atoms with E-state index < -0.39 is 52.0 Å².